The summed E-state index contributed by atoms with van der Waals surface area (Å²) in [5.41, 5.74) is 14.7. The van der Waals surface area contributed by atoms with Crippen molar-refractivity contribution < 1.29 is 0 Å². The molecule has 0 fully saturated rings. The molecule has 0 aliphatic heterocycles. The molecule has 5 aromatic carbocycles. The molecule has 0 aliphatic carbocycles. The van der Waals surface area contributed by atoms with Gasteiger partial charge in [0.15, 0.2) is 0 Å². The molecule has 7 aromatic rings. The second-order valence-corrected chi connectivity index (χ2v) is 10.7. The van der Waals surface area contributed by atoms with E-state index >= 15 is 0 Å². The smallest absolute Gasteiger partial charge is 0.0705 e. The van der Waals surface area contributed by atoms with Gasteiger partial charge in [-0.05, 0) is 64.1 Å². The highest BCUT2D eigenvalue weighted by Crippen LogP contribution is 2.38. The molecule has 2 heteroatoms. The van der Waals surface area contributed by atoms with Crippen LogP contribution in [0, 0.1) is 6.92 Å². The first-order chi connectivity index (χ1) is 21.2. The molecular weight excluding hydrogens is 520 g/mol. The maximum Gasteiger partial charge on any atom is 0.0705 e. The Hall–Kier alpha value is -5.60. The van der Waals surface area contributed by atoms with E-state index in [-0.39, 0.29) is 0 Å². The Bertz CT molecular complexity index is 2010. The molecule has 7 rings (SSSR count). The van der Waals surface area contributed by atoms with Crippen LogP contribution in [-0.4, -0.2) is 9.97 Å². The van der Waals surface area contributed by atoms with Crippen molar-refractivity contribution in [1.82, 2.24) is 9.97 Å². The van der Waals surface area contributed by atoms with Gasteiger partial charge in [0.2, 0.25) is 0 Å². The molecule has 0 atom stereocenters. The van der Waals surface area contributed by atoms with Crippen molar-refractivity contribution >= 4 is 0 Å². The number of hydrogen-bond donors (Lipinski definition) is 0. The lowest BCUT2D eigenvalue weighted by Crippen LogP contribution is -1.92. The van der Waals surface area contributed by atoms with Crippen LogP contribution in [0.25, 0.3) is 67.0 Å². The molecule has 0 aliphatic rings. The zero-order valence-corrected chi connectivity index (χ0v) is 24.0. The Balaban J connectivity index is 1.25. The fraction of sp³-hybridized carbons (Fsp3) is 0.0244. The van der Waals surface area contributed by atoms with Crippen LogP contribution in [0.2, 0.25) is 0 Å². The fourth-order valence-electron chi connectivity index (χ4n) is 5.75. The average Bonchev–Trinajstić information content (AvgIpc) is 3.09. The highest BCUT2D eigenvalue weighted by Gasteiger charge is 2.14. The number of hydrogen-bond acceptors (Lipinski definition) is 2. The van der Waals surface area contributed by atoms with Crippen molar-refractivity contribution in [1.29, 1.82) is 0 Å². The Morgan fingerprint density at radius 3 is 1.40 bits per heavy atom. The number of pyridine rings is 2. The van der Waals surface area contributed by atoms with Crippen molar-refractivity contribution in [3.05, 3.63) is 170 Å². The van der Waals surface area contributed by atoms with E-state index in [4.69, 9.17) is 9.97 Å². The van der Waals surface area contributed by atoms with Gasteiger partial charge in [-0.15, -0.1) is 0 Å². The first-order valence-electron chi connectivity index (χ1n) is 14.6. The molecule has 0 N–H and O–H groups in total. The van der Waals surface area contributed by atoms with Crippen LogP contribution in [0.15, 0.2) is 164 Å². The van der Waals surface area contributed by atoms with E-state index in [0.717, 1.165) is 39.2 Å². The molecule has 0 bridgehead atoms. The summed E-state index contributed by atoms with van der Waals surface area (Å²) in [6.45, 7) is 2.17. The number of benzene rings is 5. The van der Waals surface area contributed by atoms with E-state index in [1.165, 1.54) is 33.4 Å². The molecule has 0 saturated heterocycles. The summed E-state index contributed by atoms with van der Waals surface area (Å²) in [4.78, 5) is 9.65. The molecule has 0 spiro atoms. The van der Waals surface area contributed by atoms with E-state index in [9.17, 15) is 0 Å². The van der Waals surface area contributed by atoms with Crippen molar-refractivity contribution in [2.75, 3.05) is 0 Å². The van der Waals surface area contributed by atoms with Crippen molar-refractivity contribution in [2.45, 2.75) is 6.92 Å². The van der Waals surface area contributed by atoms with E-state index in [1.807, 2.05) is 36.7 Å². The Kier molecular flexibility index (Phi) is 7.17. The Morgan fingerprint density at radius 1 is 0.326 bits per heavy atom. The third-order valence-corrected chi connectivity index (χ3v) is 7.95. The molecule has 0 unspecified atom stereocenters. The monoisotopic (exact) mass is 550 g/mol. The van der Waals surface area contributed by atoms with Crippen LogP contribution in [0.4, 0.5) is 0 Å². The number of aromatic nitrogens is 2. The van der Waals surface area contributed by atoms with E-state index < -0.39 is 0 Å². The van der Waals surface area contributed by atoms with E-state index in [1.54, 1.807) is 0 Å². The van der Waals surface area contributed by atoms with Gasteiger partial charge in [-0.1, -0.05) is 133 Å². The number of aryl methyl sites for hydroxylation is 1. The zero-order chi connectivity index (χ0) is 29.0. The fourth-order valence-corrected chi connectivity index (χ4v) is 5.75. The van der Waals surface area contributed by atoms with Crippen LogP contribution in [0.5, 0.6) is 0 Å². The van der Waals surface area contributed by atoms with Crippen LogP contribution in [0.3, 0.4) is 0 Å². The maximum absolute atomic E-state index is 4.85. The molecule has 0 saturated carbocycles. The molecule has 204 valence electrons. The van der Waals surface area contributed by atoms with Crippen molar-refractivity contribution in [3.8, 4) is 67.0 Å². The van der Waals surface area contributed by atoms with Gasteiger partial charge in [-0.3, -0.25) is 9.97 Å². The quantitative estimate of drug-likeness (QED) is 0.206. The first-order valence-corrected chi connectivity index (χ1v) is 14.6. The van der Waals surface area contributed by atoms with E-state index in [0.29, 0.717) is 0 Å². The van der Waals surface area contributed by atoms with Crippen LogP contribution in [0.1, 0.15) is 5.56 Å². The molecule has 0 radical (unpaired) electrons. The molecule has 2 heterocycles. The average molecular weight is 551 g/mol. The maximum atomic E-state index is 4.85. The predicted octanol–water partition coefficient (Wildman–Crippen LogP) is 10.8. The lowest BCUT2D eigenvalue weighted by atomic mass is 9.90. The van der Waals surface area contributed by atoms with Crippen LogP contribution >= 0.6 is 0 Å². The van der Waals surface area contributed by atoms with Gasteiger partial charge in [0.25, 0.3) is 0 Å². The van der Waals surface area contributed by atoms with Gasteiger partial charge in [0.1, 0.15) is 0 Å². The van der Waals surface area contributed by atoms with Gasteiger partial charge >= 0.3 is 0 Å². The second-order valence-electron chi connectivity index (χ2n) is 10.7. The second kappa shape index (κ2) is 11.7. The summed E-state index contributed by atoms with van der Waals surface area (Å²) in [5, 5.41) is 0. The van der Waals surface area contributed by atoms with Crippen LogP contribution in [-0.2, 0) is 0 Å². The van der Waals surface area contributed by atoms with Gasteiger partial charge < -0.3 is 0 Å². The third kappa shape index (κ3) is 5.39. The topological polar surface area (TPSA) is 25.8 Å². The largest absolute Gasteiger partial charge is 0.256 e. The highest BCUT2D eigenvalue weighted by atomic mass is 14.7. The summed E-state index contributed by atoms with van der Waals surface area (Å²) in [6, 6.07) is 53.1. The van der Waals surface area contributed by atoms with Gasteiger partial charge in [0, 0.05) is 34.6 Å². The predicted molar refractivity (Wildman–Crippen MR) is 179 cm³/mol. The Labute approximate surface area is 253 Å². The summed E-state index contributed by atoms with van der Waals surface area (Å²) >= 11 is 0. The van der Waals surface area contributed by atoms with Crippen LogP contribution < -0.4 is 0 Å². The minimum atomic E-state index is 0.974. The van der Waals surface area contributed by atoms with Crippen molar-refractivity contribution in [3.63, 3.8) is 0 Å². The van der Waals surface area contributed by atoms with E-state index in [2.05, 4.69) is 134 Å². The first kappa shape index (κ1) is 26.3. The molecule has 0 amide bonds. The van der Waals surface area contributed by atoms with Crippen molar-refractivity contribution in [2.24, 2.45) is 0 Å². The van der Waals surface area contributed by atoms with Gasteiger partial charge in [-0.25, -0.2) is 0 Å². The lowest BCUT2D eigenvalue weighted by Gasteiger charge is -2.15. The third-order valence-electron chi connectivity index (χ3n) is 7.95. The molecule has 2 aromatic heterocycles. The highest BCUT2D eigenvalue weighted by molar-refractivity contribution is 5.89. The summed E-state index contributed by atoms with van der Waals surface area (Å²) in [6.07, 6.45) is 4.00. The molecule has 43 heavy (non-hydrogen) atoms. The number of rotatable bonds is 6. The lowest BCUT2D eigenvalue weighted by molar-refractivity contribution is 1.29. The summed E-state index contributed by atoms with van der Waals surface area (Å²) in [5.74, 6) is 0. The summed E-state index contributed by atoms with van der Waals surface area (Å²) in [7, 11) is 0. The SMILES string of the molecule is Cc1cc(-c2ccccc2)ncc1-c1ccccc1-c1cccc(-c2ccccc2-c2ccc(-c3ccccc3)nc2)c1. The summed E-state index contributed by atoms with van der Waals surface area (Å²) < 4.78 is 0. The normalized spacial score (nSPS) is 10.9. The Morgan fingerprint density at radius 2 is 0.814 bits per heavy atom. The van der Waals surface area contributed by atoms with Gasteiger partial charge in [-0.2, -0.15) is 0 Å². The number of nitrogens with zero attached hydrogens (tertiary/aromatic N) is 2. The van der Waals surface area contributed by atoms with Gasteiger partial charge in [0.05, 0.1) is 11.4 Å². The zero-order valence-electron chi connectivity index (χ0n) is 24.0. The standard InChI is InChI=1S/C41H30N2/c1-29-25-41(31-15-6-3-7-16-31)43-28-39(29)38-22-11-10-20-36(38)33-18-12-17-32(26-33)35-19-8-9-21-37(35)34-23-24-40(42-27-34)30-13-4-2-5-14-30/h2-28H,1H3. The molecule has 2 nitrogen and oxygen atoms in total. The molecular formula is C41H30N2. The minimum absolute atomic E-state index is 0.974. The minimum Gasteiger partial charge on any atom is -0.256 e.